The van der Waals surface area contributed by atoms with Gasteiger partial charge in [0, 0.05) is 6.42 Å². The molecule has 1 aliphatic rings. The number of hydrogen-bond donors (Lipinski definition) is 2. The van der Waals surface area contributed by atoms with Crippen molar-refractivity contribution in [1.82, 2.24) is 5.06 Å². The van der Waals surface area contributed by atoms with Gasteiger partial charge in [0.25, 0.3) is 0 Å². The largest absolute Gasteiger partial charge is 0.492 e. The molecule has 0 spiro atoms. The average Bonchev–Trinajstić information content (AvgIpc) is 2.42. The molecule has 0 unspecified atom stereocenters. The molecule has 22 heavy (non-hydrogen) atoms. The summed E-state index contributed by atoms with van der Waals surface area (Å²) in [5.74, 6) is 1.16. The molecule has 1 heterocycles. The smallest absolute Gasteiger partial charge is 0.226 e. The molecule has 0 atom stereocenters. The Morgan fingerprint density at radius 3 is 2.64 bits per heavy atom. The average molecular weight is 370 g/mol. The van der Waals surface area contributed by atoms with E-state index in [1.165, 1.54) is 5.06 Å². The lowest BCUT2D eigenvalue weighted by molar-refractivity contribution is -0.158. The van der Waals surface area contributed by atoms with E-state index in [1.807, 2.05) is 38.1 Å². The van der Waals surface area contributed by atoms with Crippen molar-refractivity contribution >= 4 is 27.8 Å². The lowest BCUT2D eigenvalue weighted by atomic mass is 10.2. The van der Waals surface area contributed by atoms with Crippen LogP contribution in [0.1, 0.15) is 20.3 Å². The maximum absolute atomic E-state index is 5.82. The Kier molecular flexibility index (Phi) is 5.25. The van der Waals surface area contributed by atoms with Crippen LogP contribution in [-0.2, 0) is 4.84 Å². The number of hydrogen-bond acceptors (Lipinski definition) is 7. The molecule has 0 saturated carbocycles. The van der Waals surface area contributed by atoms with Crippen molar-refractivity contribution in [1.29, 1.82) is 0 Å². The van der Waals surface area contributed by atoms with Crippen molar-refractivity contribution in [2.24, 2.45) is 21.5 Å². The van der Waals surface area contributed by atoms with Crippen LogP contribution in [0.15, 0.2) is 38.7 Å². The summed E-state index contributed by atoms with van der Waals surface area (Å²) in [4.78, 5) is 13.7. The first kappa shape index (κ1) is 16.6. The molecule has 1 aromatic rings. The van der Waals surface area contributed by atoms with Crippen molar-refractivity contribution < 1.29 is 9.57 Å². The Morgan fingerprint density at radius 1 is 1.23 bits per heavy atom. The first-order chi connectivity index (χ1) is 10.4. The minimum absolute atomic E-state index is 0.152. The predicted molar refractivity (Wildman–Crippen MR) is 89.4 cm³/mol. The highest BCUT2D eigenvalue weighted by Crippen LogP contribution is 2.24. The van der Waals surface area contributed by atoms with Crippen LogP contribution in [-0.4, -0.2) is 35.9 Å². The van der Waals surface area contributed by atoms with Crippen LogP contribution in [0.2, 0.25) is 0 Å². The summed E-state index contributed by atoms with van der Waals surface area (Å²) in [7, 11) is 0. The van der Waals surface area contributed by atoms with Crippen LogP contribution < -0.4 is 16.2 Å². The van der Waals surface area contributed by atoms with Crippen LogP contribution in [0, 0.1) is 0 Å². The maximum Gasteiger partial charge on any atom is 0.226 e. The van der Waals surface area contributed by atoms with Gasteiger partial charge in [-0.3, -0.25) is 4.84 Å². The quantitative estimate of drug-likeness (QED) is 0.745. The van der Waals surface area contributed by atoms with Crippen LogP contribution in [0.3, 0.4) is 0 Å². The third-order valence-corrected chi connectivity index (χ3v) is 3.58. The summed E-state index contributed by atoms with van der Waals surface area (Å²) >= 11 is 3.43. The van der Waals surface area contributed by atoms with Crippen LogP contribution in [0.25, 0.3) is 0 Å². The molecule has 120 valence electrons. The summed E-state index contributed by atoms with van der Waals surface area (Å²) in [6.07, 6.45) is 0.695. The second-order valence-corrected chi connectivity index (χ2v) is 6.05. The molecule has 0 amide bonds. The van der Waals surface area contributed by atoms with Crippen LogP contribution in [0.5, 0.6) is 5.75 Å². The highest BCUT2D eigenvalue weighted by molar-refractivity contribution is 9.10. The SMILES string of the molecule is CC1(C)N=C(N)N=C(N)N1OCCCOc1ccccc1Br. The zero-order valence-corrected chi connectivity index (χ0v) is 14.2. The Hall–Kier alpha value is -1.80. The van der Waals surface area contributed by atoms with Gasteiger partial charge in [0.05, 0.1) is 17.7 Å². The zero-order valence-electron chi connectivity index (χ0n) is 12.6. The van der Waals surface area contributed by atoms with Gasteiger partial charge in [0.15, 0.2) is 5.66 Å². The van der Waals surface area contributed by atoms with Gasteiger partial charge in [-0.05, 0) is 41.9 Å². The lowest BCUT2D eigenvalue weighted by Crippen LogP contribution is -2.53. The zero-order chi connectivity index (χ0) is 16.2. The number of halogens is 1. The van der Waals surface area contributed by atoms with E-state index in [2.05, 4.69) is 25.9 Å². The van der Waals surface area contributed by atoms with Crippen LogP contribution in [0.4, 0.5) is 0 Å². The molecule has 4 N–H and O–H groups in total. The molecule has 0 aliphatic carbocycles. The van der Waals surface area contributed by atoms with Gasteiger partial charge < -0.3 is 16.2 Å². The molecular weight excluding hydrogens is 350 g/mol. The molecule has 0 fully saturated rings. The number of nitrogens with two attached hydrogens (primary N) is 2. The minimum atomic E-state index is -0.681. The Bertz CT molecular complexity index is 588. The molecule has 0 saturated heterocycles. The molecule has 1 aromatic carbocycles. The third-order valence-electron chi connectivity index (χ3n) is 2.93. The highest BCUT2D eigenvalue weighted by Gasteiger charge is 2.32. The molecule has 0 aromatic heterocycles. The van der Waals surface area contributed by atoms with E-state index < -0.39 is 5.66 Å². The van der Waals surface area contributed by atoms with Crippen molar-refractivity contribution in [2.75, 3.05) is 13.2 Å². The van der Waals surface area contributed by atoms with Gasteiger partial charge in [-0.1, -0.05) is 12.1 Å². The van der Waals surface area contributed by atoms with Crippen molar-refractivity contribution in [3.8, 4) is 5.75 Å². The first-order valence-electron chi connectivity index (χ1n) is 6.90. The fraction of sp³-hybridized carbons (Fsp3) is 0.429. The number of hydroxylamine groups is 2. The molecule has 0 radical (unpaired) electrons. The van der Waals surface area contributed by atoms with Gasteiger partial charge in [0.2, 0.25) is 11.9 Å². The van der Waals surface area contributed by atoms with E-state index in [9.17, 15) is 0 Å². The standard InChI is InChI=1S/C14H20BrN5O2/c1-14(2)19-12(16)18-13(17)20(14)22-9-5-8-21-11-7-4-3-6-10(11)15/h3-4,6-7H,5,8-9H2,1-2H3,(H4,16,17,18,19). The number of ether oxygens (including phenoxy) is 1. The van der Waals surface area contributed by atoms with Gasteiger partial charge in [-0.15, -0.1) is 0 Å². The molecule has 8 heteroatoms. The lowest BCUT2D eigenvalue weighted by Gasteiger charge is -2.36. The number of nitrogens with zero attached hydrogens (tertiary/aromatic N) is 3. The fourth-order valence-corrected chi connectivity index (χ4v) is 2.38. The van der Waals surface area contributed by atoms with Gasteiger partial charge in [-0.25, -0.2) is 4.99 Å². The van der Waals surface area contributed by atoms with Crippen molar-refractivity contribution in [2.45, 2.75) is 25.9 Å². The second-order valence-electron chi connectivity index (χ2n) is 5.19. The summed E-state index contributed by atoms with van der Waals surface area (Å²) in [5, 5.41) is 1.46. The normalized spacial score (nSPS) is 17.0. The van der Waals surface area contributed by atoms with Crippen molar-refractivity contribution in [3.05, 3.63) is 28.7 Å². The van der Waals surface area contributed by atoms with Crippen LogP contribution >= 0.6 is 15.9 Å². The molecule has 1 aliphatic heterocycles. The number of para-hydroxylation sites is 1. The highest BCUT2D eigenvalue weighted by atomic mass is 79.9. The van der Waals surface area contributed by atoms with Gasteiger partial charge in [-0.2, -0.15) is 10.1 Å². The van der Waals surface area contributed by atoms with E-state index in [0.29, 0.717) is 19.6 Å². The third kappa shape index (κ3) is 4.11. The van der Waals surface area contributed by atoms with Crippen molar-refractivity contribution in [3.63, 3.8) is 0 Å². The van der Waals surface area contributed by atoms with E-state index >= 15 is 0 Å². The fourth-order valence-electron chi connectivity index (χ4n) is 1.98. The van der Waals surface area contributed by atoms with E-state index in [-0.39, 0.29) is 11.9 Å². The van der Waals surface area contributed by atoms with Gasteiger partial charge in [0.1, 0.15) is 5.75 Å². The number of benzene rings is 1. The van der Waals surface area contributed by atoms with Gasteiger partial charge >= 0.3 is 0 Å². The predicted octanol–water partition coefficient (Wildman–Crippen LogP) is 1.83. The topological polar surface area (TPSA) is 98.5 Å². The summed E-state index contributed by atoms with van der Waals surface area (Å²) < 4.78 is 6.59. The van der Waals surface area contributed by atoms with E-state index in [0.717, 1.165) is 10.2 Å². The Morgan fingerprint density at radius 2 is 1.95 bits per heavy atom. The molecule has 0 bridgehead atoms. The minimum Gasteiger partial charge on any atom is -0.492 e. The summed E-state index contributed by atoms with van der Waals surface area (Å²) in [6, 6.07) is 7.70. The summed E-state index contributed by atoms with van der Waals surface area (Å²) in [6.45, 7) is 4.65. The number of rotatable bonds is 6. The second kappa shape index (κ2) is 6.97. The summed E-state index contributed by atoms with van der Waals surface area (Å²) in [5.41, 5.74) is 10.7. The number of guanidine groups is 2. The molecular formula is C14H20BrN5O2. The first-order valence-corrected chi connectivity index (χ1v) is 7.69. The number of aliphatic imine (C=N–C) groups is 2. The maximum atomic E-state index is 5.82. The van der Waals surface area contributed by atoms with E-state index in [1.54, 1.807) is 0 Å². The Labute approximate surface area is 138 Å². The monoisotopic (exact) mass is 369 g/mol. The van der Waals surface area contributed by atoms with E-state index in [4.69, 9.17) is 21.0 Å². The molecule has 7 nitrogen and oxygen atoms in total. The molecule has 2 rings (SSSR count). The Balaban J connectivity index is 1.77.